The number of rotatable bonds is 6. The van der Waals surface area contributed by atoms with Crippen LogP contribution >= 0.6 is 11.6 Å². The first-order valence-corrected chi connectivity index (χ1v) is 7.51. The van der Waals surface area contributed by atoms with Crippen molar-refractivity contribution in [2.45, 2.75) is 39.4 Å². The number of oxazole rings is 1. The van der Waals surface area contributed by atoms with E-state index in [9.17, 15) is 0 Å². The lowest BCUT2D eigenvalue weighted by Crippen LogP contribution is -2.23. The van der Waals surface area contributed by atoms with Crippen molar-refractivity contribution in [3.63, 3.8) is 0 Å². The lowest BCUT2D eigenvalue weighted by molar-refractivity contribution is 0.524. The van der Waals surface area contributed by atoms with Gasteiger partial charge in [-0.25, -0.2) is 0 Å². The van der Waals surface area contributed by atoms with Crippen LogP contribution in [0.1, 0.15) is 38.1 Å². The van der Waals surface area contributed by atoms with Gasteiger partial charge in [0.1, 0.15) is 6.26 Å². The Bertz CT molecular complexity index is 582. The third kappa shape index (κ3) is 4.22. The molecule has 1 aromatic heterocycles. The number of nitrogens with zero attached hydrogens (tertiary/aromatic N) is 2. The third-order valence-corrected chi connectivity index (χ3v) is 3.68. The van der Waals surface area contributed by atoms with Crippen molar-refractivity contribution in [2.24, 2.45) is 0 Å². The Balaban J connectivity index is 2.07. The second kappa shape index (κ2) is 6.96. The number of hydrogen-bond acceptors (Lipinski definition) is 4. The monoisotopic (exact) mass is 307 g/mol. The molecule has 0 amide bonds. The van der Waals surface area contributed by atoms with Crippen molar-refractivity contribution in [1.29, 1.82) is 0 Å². The number of halogens is 1. The molecule has 1 N–H and O–H groups in total. The summed E-state index contributed by atoms with van der Waals surface area (Å²) in [5, 5.41) is 4.06. The standard InChI is InChI=1S/C16H22ClN3O/c1-11(2)18-9-15-10-21-16(19-15)20(4)12(3)13-6-5-7-14(17)8-13/h5-8,10-12,18H,9H2,1-4H3. The van der Waals surface area contributed by atoms with Crippen LogP contribution in [-0.4, -0.2) is 18.1 Å². The van der Waals surface area contributed by atoms with Crippen molar-refractivity contribution >= 4 is 17.6 Å². The van der Waals surface area contributed by atoms with E-state index in [-0.39, 0.29) is 6.04 Å². The van der Waals surface area contributed by atoms with E-state index in [0.717, 1.165) is 16.3 Å². The van der Waals surface area contributed by atoms with Crippen LogP contribution in [0.4, 0.5) is 6.01 Å². The summed E-state index contributed by atoms with van der Waals surface area (Å²) in [5.41, 5.74) is 2.04. The average molecular weight is 308 g/mol. The highest BCUT2D eigenvalue weighted by Gasteiger charge is 2.17. The number of aromatic nitrogens is 1. The molecule has 0 fully saturated rings. The maximum atomic E-state index is 6.05. The molecule has 1 atom stereocenters. The van der Waals surface area contributed by atoms with Crippen LogP contribution in [-0.2, 0) is 6.54 Å². The Hall–Kier alpha value is -1.52. The maximum Gasteiger partial charge on any atom is 0.297 e. The SMILES string of the molecule is CC(C)NCc1coc(N(C)C(C)c2cccc(Cl)c2)n1. The number of benzene rings is 1. The third-order valence-electron chi connectivity index (χ3n) is 3.44. The summed E-state index contributed by atoms with van der Waals surface area (Å²) >= 11 is 6.05. The molecule has 0 saturated heterocycles. The van der Waals surface area contributed by atoms with Crippen molar-refractivity contribution in [3.05, 3.63) is 46.8 Å². The van der Waals surface area contributed by atoms with E-state index in [1.165, 1.54) is 0 Å². The number of nitrogens with one attached hydrogen (secondary N) is 1. The smallest absolute Gasteiger partial charge is 0.297 e. The topological polar surface area (TPSA) is 41.3 Å². The molecule has 2 aromatic rings. The van der Waals surface area contributed by atoms with Crippen molar-refractivity contribution < 1.29 is 4.42 Å². The minimum absolute atomic E-state index is 0.133. The molecule has 1 aromatic carbocycles. The first-order chi connectivity index (χ1) is 9.97. The normalized spacial score (nSPS) is 12.7. The molecule has 21 heavy (non-hydrogen) atoms. The average Bonchev–Trinajstić information content (AvgIpc) is 2.92. The minimum Gasteiger partial charge on any atom is -0.432 e. The minimum atomic E-state index is 0.133. The largest absolute Gasteiger partial charge is 0.432 e. The first kappa shape index (κ1) is 15.9. The van der Waals surface area contributed by atoms with Gasteiger partial charge >= 0.3 is 0 Å². The highest BCUT2D eigenvalue weighted by molar-refractivity contribution is 6.30. The second-order valence-electron chi connectivity index (χ2n) is 5.50. The van der Waals surface area contributed by atoms with E-state index >= 15 is 0 Å². The Morgan fingerprint density at radius 3 is 2.76 bits per heavy atom. The quantitative estimate of drug-likeness (QED) is 0.875. The zero-order valence-corrected chi connectivity index (χ0v) is 13.7. The van der Waals surface area contributed by atoms with Gasteiger partial charge in [0, 0.05) is 24.7 Å². The molecular weight excluding hydrogens is 286 g/mol. The molecule has 114 valence electrons. The first-order valence-electron chi connectivity index (χ1n) is 7.13. The summed E-state index contributed by atoms with van der Waals surface area (Å²) in [6.07, 6.45) is 1.70. The van der Waals surface area contributed by atoms with E-state index in [4.69, 9.17) is 16.0 Å². The van der Waals surface area contributed by atoms with Crippen LogP contribution < -0.4 is 10.2 Å². The van der Waals surface area contributed by atoms with Crippen LogP contribution in [0.5, 0.6) is 0 Å². The molecule has 0 radical (unpaired) electrons. The summed E-state index contributed by atoms with van der Waals surface area (Å²) in [5.74, 6) is 0. The van der Waals surface area contributed by atoms with E-state index in [1.807, 2.05) is 30.1 Å². The zero-order valence-electron chi connectivity index (χ0n) is 12.9. The van der Waals surface area contributed by atoms with Gasteiger partial charge in [-0.2, -0.15) is 4.98 Å². The van der Waals surface area contributed by atoms with Crippen molar-refractivity contribution in [2.75, 3.05) is 11.9 Å². The zero-order chi connectivity index (χ0) is 15.4. The van der Waals surface area contributed by atoms with Gasteiger partial charge in [-0.15, -0.1) is 0 Å². The van der Waals surface area contributed by atoms with E-state index in [1.54, 1.807) is 6.26 Å². The summed E-state index contributed by atoms with van der Waals surface area (Å²) in [6, 6.07) is 9.02. The van der Waals surface area contributed by atoms with E-state index in [0.29, 0.717) is 18.6 Å². The second-order valence-corrected chi connectivity index (χ2v) is 5.94. The number of anilines is 1. The van der Waals surface area contributed by atoms with E-state index in [2.05, 4.69) is 37.1 Å². The molecule has 2 rings (SSSR count). The fraction of sp³-hybridized carbons (Fsp3) is 0.438. The molecule has 0 aliphatic heterocycles. The lowest BCUT2D eigenvalue weighted by atomic mass is 10.1. The van der Waals surface area contributed by atoms with Gasteiger partial charge in [0.15, 0.2) is 0 Å². The molecular formula is C16H22ClN3O. The molecule has 4 nitrogen and oxygen atoms in total. The Morgan fingerprint density at radius 2 is 2.10 bits per heavy atom. The van der Waals surface area contributed by atoms with Gasteiger partial charge in [0.25, 0.3) is 6.01 Å². The predicted octanol–water partition coefficient (Wildman–Crippen LogP) is 4.02. The van der Waals surface area contributed by atoms with Gasteiger partial charge in [0.05, 0.1) is 11.7 Å². The fourth-order valence-corrected chi connectivity index (χ4v) is 2.20. The molecule has 0 aliphatic carbocycles. The van der Waals surface area contributed by atoms with Crippen LogP contribution in [0.25, 0.3) is 0 Å². The summed E-state index contributed by atoms with van der Waals surface area (Å²) in [4.78, 5) is 6.52. The van der Waals surface area contributed by atoms with Gasteiger partial charge in [-0.05, 0) is 24.6 Å². The Labute approximate surface area is 131 Å². The van der Waals surface area contributed by atoms with Crippen molar-refractivity contribution in [3.8, 4) is 0 Å². The van der Waals surface area contributed by atoms with Crippen LogP contribution in [0.3, 0.4) is 0 Å². The maximum absolute atomic E-state index is 6.05. The lowest BCUT2D eigenvalue weighted by Gasteiger charge is -2.23. The highest BCUT2D eigenvalue weighted by Crippen LogP contribution is 2.26. The molecule has 0 saturated carbocycles. The van der Waals surface area contributed by atoms with Crippen LogP contribution in [0.2, 0.25) is 5.02 Å². The van der Waals surface area contributed by atoms with Crippen molar-refractivity contribution in [1.82, 2.24) is 10.3 Å². The van der Waals surface area contributed by atoms with Crippen LogP contribution in [0, 0.1) is 0 Å². The fourth-order valence-electron chi connectivity index (χ4n) is 2.00. The Morgan fingerprint density at radius 1 is 1.33 bits per heavy atom. The van der Waals surface area contributed by atoms with Gasteiger partial charge in [-0.1, -0.05) is 37.6 Å². The summed E-state index contributed by atoms with van der Waals surface area (Å²) < 4.78 is 5.57. The van der Waals surface area contributed by atoms with Gasteiger partial charge in [-0.3, -0.25) is 0 Å². The molecule has 0 aliphatic rings. The summed E-state index contributed by atoms with van der Waals surface area (Å²) in [7, 11) is 1.97. The predicted molar refractivity (Wildman–Crippen MR) is 86.7 cm³/mol. The highest BCUT2D eigenvalue weighted by atomic mass is 35.5. The molecule has 5 heteroatoms. The molecule has 1 heterocycles. The van der Waals surface area contributed by atoms with Crippen LogP contribution in [0.15, 0.2) is 34.9 Å². The summed E-state index contributed by atoms with van der Waals surface area (Å²) in [6.45, 7) is 7.02. The number of hydrogen-bond donors (Lipinski definition) is 1. The van der Waals surface area contributed by atoms with Gasteiger partial charge < -0.3 is 14.6 Å². The van der Waals surface area contributed by atoms with Gasteiger partial charge in [0.2, 0.25) is 0 Å². The Kier molecular flexibility index (Phi) is 5.26. The molecule has 0 bridgehead atoms. The molecule has 1 unspecified atom stereocenters. The van der Waals surface area contributed by atoms with E-state index < -0.39 is 0 Å². The molecule has 0 spiro atoms.